The van der Waals surface area contributed by atoms with E-state index in [0.717, 1.165) is 36.3 Å². The van der Waals surface area contributed by atoms with Crippen molar-refractivity contribution in [1.82, 2.24) is 5.32 Å². The lowest BCUT2D eigenvalue weighted by molar-refractivity contribution is -0.121. The third-order valence-corrected chi connectivity index (χ3v) is 3.80. The van der Waals surface area contributed by atoms with Crippen molar-refractivity contribution < 1.29 is 14.3 Å². The molecule has 1 aromatic carbocycles. The topological polar surface area (TPSA) is 47.6 Å². The maximum atomic E-state index is 11.8. The van der Waals surface area contributed by atoms with Crippen LogP contribution in [0.25, 0.3) is 0 Å². The highest BCUT2D eigenvalue weighted by atomic mass is 16.7. The fraction of sp³-hybridized carbons (Fsp3) is 0.533. The SMILES string of the molecule is O=C(CCc1ccc2c(c1)OCO2)NC1CCCC1. The van der Waals surface area contributed by atoms with Gasteiger partial charge in [0.1, 0.15) is 0 Å². The number of hydrogen-bond acceptors (Lipinski definition) is 3. The third kappa shape index (κ3) is 3.00. The molecule has 1 amide bonds. The number of nitrogens with one attached hydrogen (secondary N) is 1. The Labute approximate surface area is 113 Å². The van der Waals surface area contributed by atoms with Crippen molar-refractivity contribution in [2.45, 2.75) is 44.6 Å². The molecule has 102 valence electrons. The summed E-state index contributed by atoms with van der Waals surface area (Å²) >= 11 is 0. The number of fused-ring (bicyclic) bond motifs is 1. The minimum atomic E-state index is 0.157. The van der Waals surface area contributed by atoms with E-state index in [-0.39, 0.29) is 5.91 Å². The van der Waals surface area contributed by atoms with Crippen molar-refractivity contribution in [2.24, 2.45) is 0 Å². The van der Waals surface area contributed by atoms with E-state index >= 15 is 0 Å². The van der Waals surface area contributed by atoms with Crippen molar-refractivity contribution in [3.05, 3.63) is 23.8 Å². The fourth-order valence-corrected chi connectivity index (χ4v) is 2.72. The van der Waals surface area contributed by atoms with Gasteiger partial charge in [0, 0.05) is 12.5 Å². The number of ether oxygens (including phenoxy) is 2. The molecule has 2 aliphatic rings. The lowest BCUT2D eigenvalue weighted by atomic mass is 10.1. The average Bonchev–Trinajstić information content (AvgIpc) is 3.06. The standard InChI is InChI=1S/C15H19NO3/c17-15(16-12-3-1-2-4-12)8-6-11-5-7-13-14(9-11)19-10-18-13/h5,7,9,12H,1-4,6,8,10H2,(H,16,17). The molecule has 4 nitrogen and oxygen atoms in total. The van der Waals surface area contributed by atoms with E-state index in [1.165, 1.54) is 12.8 Å². The molecule has 1 saturated carbocycles. The minimum Gasteiger partial charge on any atom is -0.454 e. The van der Waals surface area contributed by atoms with Crippen molar-refractivity contribution in [1.29, 1.82) is 0 Å². The smallest absolute Gasteiger partial charge is 0.231 e. The molecule has 1 aliphatic carbocycles. The summed E-state index contributed by atoms with van der Waals surface area (Å²) in [5.41, 5.74) is 1.12. The first kappa shape index (κ1) is 12.3. The van der Waals surface area contributed by atoms with Gasteiger partial charge in [0.15, 0.2) is 11.5 Å². The molecule has 0 aromatic heterocycles. The maximum Gasteiger partial charge on any atom is 0.231 e. The zero-order valence-electron chi connectivity index (χ0n) is 11.0. The monoisotopic (exact) mass is 261 g/mol. The van der Waals surface area contributed by atoms with Gasteiger partial charge in [-0.15, -0.1) is 0 Å². The van der Waals surface area contributed by atoms with E-state index in [1.807, 2.05) is 18.2 Å². The predicted octanol–water partition coefficient (Wildman–Crippen LogP) is 2.41. The molecular weight excluding hydrogens is 242 g/mol. The van der Waals surface area contributed by atoms with E-state index in [4.69, 9.17) is 9.47 Å². The molecule has 1 heterocycles. The molecule has 4 heteroatoms. The second kappa shape index (κ2) is 5.51. The predicted molar refractivity (Wildman–Crippen MR) is 71.3 cm³/mol. The summed E-state index contributed by atoms with van der Waals surface area (Å²) < 4.78 is 10.6. The average molecular weight is 261 g/mol. The van der Waals surface area contributed by atoms with Crippen molar-refractivity contribution in [3.63, 3.8) is 0 Å². The fourth-order valence-electron chi connectivity index (χ4n) is 2.72. The van der Waals surface area contributed by atoms with Crippen LogP contribution in [0.1, 0.15) is 37.7 Å². The van der Waals surface area contributed by atoms with Crippen LogP contribution in [0.5, 0.6) is 11.5 Å². The molecule has 0 atom stereocenters. The molecule has 0 radical (unpaired) electrons. The number of rotatable bonds is 4. The van der Waals surface area contributed by atoms with Crippen LogP contribution in [0, 0.1) is 0 Å². The van der Waals surface area contributed by atoms with E-state index in [9.17, 15) is 4.79 Å². The normalized spacial score (nSPS) is 17.7. The molecule has 1 aliphatic heterocycles. The first-order valence-electron chi connectivity index (χ1n) is 6.99. The van der Waals surface area contributed by atoms with Gasteiger partial charge in [-0.1, -0.05) is 18.9 Å². The van der Waals surface area contributed by atoms with Crippen LogP contribution in [0.4, 0.5) is 0 Å². The summed E-state index contributed by atoms with van der Waals surface area (Å²) in [7, 11) is 0. The van der Waals surface area contributed by atoms with Gasteiger partial charge < -0.3 is 14.8 Å². The van der Waals surface area contributed by atoms with Crippen molar-refractivity contribution in [2.75, 3.05) is 6.79 Å². The number of carbonyl (C=O) groups excluding carboxylic acids is 1. The van der Waals surface area contributed by atoms with Crippen LogP contribution in [0.15, 0.2) is 18.2 Å². The van der Waals surface area contributed by atoms with Crippen molar-refractivity contribution >= 4 is 5.91 Å². The lowest BCUT2D eigenvalue weighted by Gasteiger charge is -2.11. The number of carbonyl (C=O) groups is 1. The van der Waals surface area contributed by atoms with Gasteiger partial charge in [-0.2, -0.15) is 0 Å². The van der Waals surface area contributed by atoms with E-state index in [1.54, 1.807) is 0 Å². The van der Waals surface area contributed by atoms with E-state index in [2.05, 4.69) is 5.32 Å². The quantitative estimate of drug-likeness (QED) is 0.905. The van der Waals surface area contributed by atoms with Crippen molar-refractivity contribution in [3.8, 4) is 11.5 Å². The second-order valence-corrected chi connectivity index (χ2v) is 5.24. The highest BCUT2D eigenvalue weighted by Gasteiger charge is 2.17. The van der Waals surface area contributed by atoms with Crippen LogP contribution in [0.2, 0.25) is 0 Å². The molecular formula is C15H19NO3. The Bertz CT molecular complexity index is 466. The summed E-state index contributed by atoms with van der Waals surface area (Å²) in [6.07, 6.45) is 6.04. The minimum absolute atomic E-state index is 0.157. The number of benzene rings is 1. The number of aryl methyl sites for hydroxylation is 1. The second-order valence-electron chi connectivity index (χ2n) is 5.24. The molecule has 1 N–H and O–H groups in total. The Morgan fingerprint density at radius 3 is 2.84 bits per heavy atom. The van der Waals surface area contributed by atoms with Crippen LogP contribution < -0.4 is 14.8 Å². The molecule has 1 fully saturated rings. The number of amides is 1. The highest BCUT2D eigenvalue weighted by molar-refractivity contribution is 5.76. The van der Waals surface area contributed by atoms with Gasteiger partial charge in [-0.25, -0.2) is 0 Å². The van der Waals surface area contributed by atoms with Crippen LogP contribution >= 0.6 is 0 Å². The largest absolute Gasteiger partial charge is 0.454 e. The Hall–Kier alpha value is -1.71. The van der Waals surface area contributed by atoms with Gasteiger partial charge in [0.25, 0.3) is 0 Å². The first-order chi connectivity index (χ1) is 9.31. The maximum absolute atomic E-state index is 11.8. The van der Waals surface area contributed by atoms with Gasteiger partial charge >= 0.3 is 0 Å². The lowest BCUT2D eigenvalue weighted by Crippen LogP contribution is -2.32. The molecule has 0 saturated heterocycles. The van der Waals surface area contributed by atoms with Gasteiger partial charge in [0.2, 0.25) is 12.7 Å². The Kier molecular flexibility index (Phi) is 3.58. The Morgan fingerprint density at radius 1 is 1.21 bits per heavy atom. The van der Waals surface area contributed by atoms with Crippen LogP contribution in [-0.4, -0.2) is 18.7 Å². The molecule has 0 bridgehead atoms. The number of hydrogen-bond donors (Lipinski definition) is 1. The van der Waals surface area contributed by atoms with E-state index < -0.39 is 0 Å². The zero-order valence-corrected chi connectivity index (χ0v) is 11.0. The van der Waals surface area contributed by atoms with Gasteiger partial charge in [-0.05, 0) is 37.0 Å². The van der Waals surface area contributed by atoms with Gasteiger partial charge in [0.05, 0.1) is 0 Å². The Balaban J connectivity index is 1.50. The summed E-state index contributed by atoms with van der Waals surface area (Å²) in [6, 6.07) is 6.28. The summed E-state index contributed by atoms with van der Waals surface area (Å²) in [4.78, 5) is 11.8. The third-order valence-electron chi connectivity index (χ3n) is 3.80. The molecule has 19 heavy (non-hydrogen) atoms. The first-order valence-corrected chi connectivity index (χ1v) is 6.99. The summed E-state index contributed by atoms with van der Waals surface area (Å²) in [5, 5.41) is 3.11. The molecule has 1 aromatic rings. The molecule has 0 spiro atoms. The molecule has 0 unspecified atom stereocenters. The van der Waals surface area contributed by atoms with Crippen LogP contribution in [-0.2, 0) is 11.2 Å². The van der Waals surface area contributed by atoms with E-state index in [0.29, 0.717) is 19.3 Å². The zero-order chi connectivity index (χ0) is 13.1. The van der Waals surface area contributed by atoms with Gasteiger partial charge in [-0.3, -0.25) is 4.79 Å². The Morgan fingerprint density at radius 2 is 2.00 bits per heavy atom. The molecule has 3 rings (SSSR count). The highest BCUT2D eigenvalue weighted by Crippen LogP contribution is 2.32. The summed E-state index contributed by atoms with van der Waals surface area (Å²) in [5.74, 6) is 1.73. The van der Waals surface area contributed by atoms with Crippen LogP contribution in [0.3, 0.4) is 0 Å². The summed E-state index contributed by atoms with van der Waals surface area (Å²) in [6.45, 7) is 0.293.